The molecule has 0 aromatic rings. The maximum absolute atomic E-state index is 12.6. The maximum atomic E-state index is 12.6. The lowest BCUT2D eigenvalue weighted by atomic mass is 10.1. The van der Waals surface area contributed by atoms with Crippen LogP contribution in [0.1, 0.15) is 0 Å². The molecule has 100 valence electrons. The number of hydrazine groups is 1. The molecule has 1 aliphatic rings. The number of hydrogen-bond donors (Lipinski definition) is 3. The molecule has 0 radical (unpaired) electrons. The van der Waals surface area contributed by atoms with Crippen molar-refractivity contribution in [3.63, 3.8) is 0 Å². The zero-order chi connectivity index (χ0) is 12.9. The van der Waals surface area contributed by atoms with Gasteiger partial charge in [-0.3, -0.25) is 5.43 Å². The molecule has 17 heavy (non-hydrogen) atoms. The van der Waals surface area contributed by atoms with E-state index in [9.17, 15) is 13.2 Å². The average Bonchev–Trinajstić information content (AvgIpc) is 2.28. The average molecular weight is 256 g/mol. The minimum absolute atomic E-state index is 0.459. The topological polar surface area (TPSA) is 83.1 Å². The number of ether oxygens (including phenoxy) is 1. The predicted molar refractivity (Wildman–Crippen MR) is 53.3 cm³/mol. The predicted octanol–water partition coefficient (Wildman–Crippen LogP) is -0.252. The molecular weight excluding hydrogens is 241 g/mol. The van der Waals surface area contributed by atoms with Crippen LogP contribution in [0.25, 0.3) is 0 Å². The first-order chi connectivity index (χ1) is 7.95. The molecule has 0 aromatic heterocycles. The summed E-state index contributed by atoms with van der Waals surface area (Å²) in [6.07, 6.45) is -4.55. The van der Waals surface area contributed by atoms with E-state index in [0.717, 1.165) is 0 Å². The van der Waals surface area contributed by atoms with E-state index in [-0.39, 0.29) is 0 Å². The molecule has 0 bridgehead atoms. The summed E-state index contributed by atoms with van der Waals surface area (Å²) in [5, 5.41) is 12.3. The molecular formula is C8H15F3N4O2. The van der Waals surface area contributed by atoms with Crippen molar-refractivity contribution < 1.29 is 23.1 Å². The molecule has 0 spiro atoms. The molecule has 0 aromatic carbocycles. The van der Waals surface area contributed by atoms with Gasteiger partial charge < -0.3 is 15.7 Å². The van der Waals surface area contributed by atoms with Crippen LogP contribution in [0, 0.1) is 5.92 Å². The highest BCUT2D eigenvalue weighted by Gasteiger charge is 2.42. The number of alkyl halides is 3. The molecule has 9 heteroatoms. The fraction of sp³-hybridized carbons (Fsp3) is 0.875. The van der Waals surface area contributed by atoms with E-state index in [4.69, 9.17) is 15.7 Å². The van der Waals surface area contributed by atoms with Crippen LogP contribution in [0.4, 0.5) is 13.2 Å². The van der Waals surface area contributed by atoms with Crippen LogP contribution < -0.4 is 11.2 Å². The first-order valence-electron chi connectivity index (χ1n) is 5.05. The van der Waals surface area contributed by atoms with Gasteiger partial charge in [0.1, 0.15) is 5.92 Å². The van der Waals surface area contributed by atoms with Crippen LogP contribution in [-0.2, 0) is 4.74 Å². The second-order valence-electron chi connectivity index (χ2n) is 3.58. The Labute approximate surface area is 96.2 Å². The quantitative estimate of drug-likeness (QED) is 0.279. The van der Waals surface area contributed by atoms with Gasteiger partial charge in [-0.15, -0.1) is 0 Å². The van der Waals surface area contributed by atoms with E-state index >= 15 is 0 Å². The summed E-state index contributed by atoms with van der Waals surface area (Å²) < 4.78 is 42.7. The Hall–Kier alpha value is -1.06. The highest BCUT2D eigenvalue weighted by molar-refractivity contribution is 5.83. The van der Waals surface area contributed by atoms with E-state index in [2.05, 4.69) is 10.6 Å². The van der Waals surface area contributed by atoms with Crippen molar-refractivity contribution >= 4 is 5.84 Å². The molecule has 1 heterocycles. The molecule has 1 saturated heterocycles. The van der Waals surface area contributed by atoms with Crippen molar-refractivity contribution in [3.05, 3.63) is 0 Å². The normalized spacial score (nSPS) is 21.5. The smallest absolute Gasteiger partial charge is 0.400 e. The Morgan fingerprint density at radius 2 is 2.06 bits per heavy atom. The molecule has 1 fully saturated rings. The monoisotopic (exact) mass is 256 g/mol. The summed E-state index contributed by atoms with van der Waals surface area (Å²) in [6, 6.07) is 0. The lowest BCUT2D eigenvalue weighted by Crippen LogP contribution is -2.51. The second-order valence-corrected chi connectivity index (χ2v) is 3.58. The Bertz CT molecular complexity index is 266. The van der Waals surface area contributed by atoms with Gasteiger partial charge >= 0.3 is 6.18 Å². The van der Waals surface area contributed by atoms with Crippen molar-refractivity contribution in [1.82, 2.24) is 10.4 Å². The number of halogens is 3. The first kappa shape index (κ1) is 14.0. The minimum atomic E-state index is -4.55. The minimum Gasteiger partial charge on any atom is -0.409 e. The fourth-order valence-corrected chi connectivity index (χ4v) is 1.40. The van der Waals surface area contributed by atoms with Crippen LogP contribution in [0.3, 0.4) is 0 Å². The molecule has 1 unspecified atom stereocenters. The zero-order valence-electron chi connectivity index (χ0n) is 9.07. The number of rotatable bonds is 4. The summed E-state index contributed by atoms with van der Waals surface area (Å²) in [7, 11) is 0. The molecule has 1 rings (SSSR count). The van der Waals surface area contributed by atoms with E-state index in [1.165, 1.54) is 0 Å². The van der Waals surface area contributed by atoms with Gasteiger partial charge in [0.25, 0.3) is 0 Å². The number of nitrogens with zero attached hydrogens (tertiary/aromatic N) is 2. The Balaban J connectivity index is 2.49. The summed E-state index contributed by atoms with van der Waals surface area (Å²) in [4.78, 5) is 0. The van der Waals surface area contributed by atoms with Crippen LogP contribution >= 0.6 is 0 Å². The molecule has 6 nitrogen and oxygen atoms in total. The standard InChI is InChI=1S/C8H15F3N4O2/c9-8(10,11)6(7(12)14-16)5-13-15-1-3-17-4-2-15/h6,13,16H,1-5H2,(H2,12,14). The number of nitrogens with one attached hydrogen (secondary N) is 1. The van der Waals surface area contributed by atoms with Gasteiger partial charge in [0, 0.05) is 19.6 Å². The SMILES string of the molecule is NC(=NO)C(CNN1CCOCC1)C(F)(F)F. The lowest BCUT2D eigenvalue weighted by Gasteiger charge is -2.29. The molecule has 1 atom stereocenters. The van der Waals surface area contributed by atoms with E-state index < -0.39 is 24.5 Å². The highest BCUT2D eigenvalue weighted by atomic mass is 19.4. The summed E-state index contributed by atoms with van der Waals surface area (Å²) in [5.41, 5.74) is 7.62. The van der Waals surface area contributed by atoms with Gasteiger partial charge in [0.2, 0.25) is 0 Å². The molecule has 0 aliphatic carbocycles. The van der Waals surface area contributed by atoms with Gasteiger partial charge in [0.05, 0.1) is 13.2 Å². The van der Waals surface area contributed by atoms with Crippen molar-refractivity contribution in [2.24, 2.45) is 16.8 Å². The van der Waals surface area contributed by atoms with Crippen molar-refractivity contribution in [1.29, 1.82) is 0 Å². The van der Waals surface area contributed by atoms with Crippen LogP contribution in [0.15, 0.2) is 5.16 Å². The number of amidine groups is 1. The molecule has 1 aliphatic heterocycles. The number of oxime groups is 1. The highest BCUT2D eigenvalue weighted by Crippen LogP contribution is 2.25. The number of nitrogens with two attached hydrogens (primary N) is 1. The summed E-state index contributed by atoms with van der Waals surface area (Å²) >= 11 is 0. The maximum Gasteiger partial charge on any atom is 0.400 e. The first-order valence-corrected chi connectivity index (χ1v) is 5.05. The van der Waals surface area contributed by atoms with E-state index in [1.807, 2.05) is 0 Å². The Morgan fingerprint density at radius 1 is 1.47 bits per heavy atom. The fourth-order valence-electron chi connectivity index (χ4n) is 1.40. The summed E-state index contributed by atoms with van der Waals surface area (Å²) in [6.45, 7) is 1.47. The number of hydrogen-bond acceptors (Lipinski definition) is 5. The van der Waals surface area contributed by atoms with E-state index in [0.29, 0.717) is 26.3 Å². The van der Waals surface area contributed by atoms with E-state index in [1.54, 1.807) is 5.01 Å². The van der Waals surface area contributed by atoms with Gasteiger partial charge in [-0.05, 0) is 0 Å². The van der Waals surface area contributed by atoms with Gasteiger partial charge in [-0.1, -0.05) is 5.16 Å². The van der Waals surface area contributed by atoms with Gasteiger partial charge in [-0.2, -0.15) is 13.2 Å². The number of morpholine rings is 1. The van der Waals surface area contributed by atoms with Crippen molar-refractivity contribution in [2.45, 2.75) is 6.18 Å². The zero-order valence-corrected chi connectivity index (χ0v) is 9.07. The third kappa shape index (κ3) is 4.36. The lowest BCUT2D eigenvalue weighted by molar-refractivity contribution is -0.158. The Morgan fingerprint density at radius 3 is 2.53 bits per heavy atom. The van der Waals surface area contributed by atoms with Gasteiger partial charge in [-0.25, -0.2) is 5.01 Å². The summed E-state index contributed by atoms with van der Waals surface area (Å²) in [5.74, 6) is -2.85. The third-order valence-corrected chi connectivity index (χ3v) is 2.40. The van der Waals surface area contributed by atoms with Crippen molar-refractivity contribution in [3.8, 4) is 0 Å². The van der Waals surface area contributed by atoms with Crippen LogP contribution in [0.2, 0.25) is 0 Å². The molecule has 0 saturated carbocycles. The van der Waals surface area contributed by atoms with Crippen molar-refractivity contribution in [2.75, 3.05) is 32.8 Å². The Kier molecular flexibility index (Phi) is 4.97. The largest absolute Gasteiger partial charge is 0.409 e. The third-order valence-electron chi connectivity index (χ3n) is 2.40. The second kappa shape index (κ2) is 6.03. The molecule has 0 amide bonds. The van der Waals surface area contributed by atoms with Crippen LogP contribution in [-0.4, -0.2) is 55.1 Å². The molecule has 4 N–H and O–H groups in total. The van der Waals surface area contributed by atoms with Crippen LogP contribution in [0.5, 0.6) is 0 Å². The van der Waals surface area contributed by atoms with Gasteiger partial charge in [0.15, 0.2) is 5.84 Å².